The summed E-state index contributed by atoms with van der Waals surface area (Å²) in [6.07, 6.45) is 0.894. The van der Waals surface area contributed by atoms with E-state index in [9.17, 15) is 23.5 Å². The van der Waals surface area contributed by atoms with Crippen LogP contribution < -0.4 is 16.3 Å². The van der Waals surface area contributed by atoms with E-state index >= 15 is 0 Å². The Morgan fingerprint density at radius 3 is 2.74 bits per heavy atom. The number of carboxylic acid groups (broad SMARTS) is 1. The fraction of sp³-hybridized carbons (Fsp3) is 0.200. The monoisotopic (exact) mass is 316 g/mol. The van der Waals surface area contributed by atoms with Crippen LogP contribution in [-0.4, -0.2) is 23.5 Å². The van der Waals surface area contributed by atoms with Crippen molar-refractivity contribution in [1.29, 1.82) is 0 Å². The maximum absolute atomic E-state index is 14.4. The number of nitrogens with zero attached hydrogens (tertiary/aromatic N) is 1. The number of anilines is 2. The first-order valence-electron chi connectivity index (χ1n) is 6.90. The van der Waals surface area contributed by atoms with Gasteiger partial charge in [0.05, 0.1) is 11.4 Å². The molecular weight excluding hydrogens is 305 g/mol. The van der Waals surface area contributed by atoms with E-state index in [1.807, 2.05) is 0 Å². The molecule has 0 saturated carbocycles. The number of benzene rings is 1. The summed E-state index contributed by atoms with van der Waals surface area (Å²) < 4.78 is 29.4. The Balaban J connectivity index is 2.21. The summed E-state index contributed by atoms with van der Waals surface area (Å²) >= 11 is 0. The number of hydrogen-bond acceptors (Lipinski definition) is 3. The molecule has 3 rings (SSSR count). The molecule has 1 aromatic carbocycles. The zero-order chi connectivity index (χ0) is 16.7. The van der Waals surface area contributed by atoms with Gasteiger partial charge in [-0.2, -0.15) is 4.39 Å². The van der Waals surface area contributed by atoms with Gasteiger partial charge in [0.2, 0.25) is 5.82 Å². The maximum atomic E-state index is 14.4. The molecule has 1 aromatic heterocycles. The predicted octanol–water partition coefficient (Wildman–Crippen LogP) is 1.31. The van der Waals surface area contributed by atoms with Gasteiger partial charge in [0, 0.05) is 12.2 Å². The van der Waals surface area contributed by atoms with Gasteiger partial charge in [0.1, 0.15) is 19.2 Å². The van der Waals surface area contributed by atoms with Gasteiger partial charge in [-0.05, 0) is 25.0 Å². The molecule has 116 valence electrons. The first-order valence-corrected chi connectivity index (χ1v) is 6.90. The summed E-state index contributed by atoms with van der Waals surface area (Å²) in [5.41, 5.74) is -1.55. The van der Waals surface area contributed by atoms with Gasteiger partial charge in [-0.3, -0.25) is 4.79 Å². The van der Waals surface area contributed by atoms with Gasteiger partial charge < -0.3 is 15.0 Å². The molecule has 0 unspecified atom stereocenters. The fourth-order valence-corrected chi connectivity index (χ4v) is 2.75. The number of pyridine rings is 1. The van der Waals surface area contributed by atoms with Gasteiger partial charge in [-0.1, -0.05) is 11.5 Å². The largest absolute Gasteiger partial charge is 0.478 e. The van der Waals surface area contributed by atoms with Crippen LogP contribution >= 0.6 is 0 Å². The van der Waals surface area contributed by atoms with Crippen LogP contribution in [0.5, 0.6) is 0 Å². The lowest BCUT2D eigenvalue weighted by molar-refractivity contribution is 0.0695. The van der Waals surface area contributed by atoms with Crippen molar-refractivity contribution in [1.82, 2.24) is 4.57 Å². The molecule has 2 heterocycles. The summed E-state index contributed by atoms with van der Waals surface area (Å²) in [7, 11) is 5.44. The molecule has 2 aromatic rings. The third-order valence-electron chi connectivity index (χ3n) is 3.78. The van der Waals surface area contributed by atoms with E-state index in [0.29, 0.717) is 12.8 Å². The number of hydrogen-bond donors (Lipinski definition) is 2. The van der Waals surface area contributed by atoms with Crippen LogP contribution in [0, 0.1) is 11.6 Å². The number of aromatic carboxylic acids is 1. The lowest BCUT2D eigenvalue weighted by Gasteiger charge is -2.15. The van der Waals surface area contributed by atoms with Crippen LogP contribution in [0.1, 0.15) is 22.5 Å². The van der Waals surface area contributed by atoms with Crippen molar-refractivity contribution < 1.29 is 18.7 Å². The molecule has 23 heavy (non-hydrogen) atoms. The minimum Gasteiger partial charge on any atom is -0.478 e. The molecule has 0 saturated heterocycles. The molecule has 0 fully saturated rings. The summed E-state index contributed by atoms with van der Waals surface area (Å²) in [6, 6.07) is 3.64. The van der Waals surface area contributed by atoms with E-state index < -0.39 is 28.9 Å². The molecule has 0 bridgehead atoms. The van der Waals surface area contributed by atoms with E-state index in [-0.39, 0.29) is 29.0 Å². The first-order chi connectivity index (χ1) is 10.9. The van der Waals surface area contributed by atoms with Crippen LogP contribution in [0.15, 0.2) is 23.0 Å². The zero-order valence-corrected chi connectivity index (χ0v) is 11.9. The van der Waals surface area contributed by atoms with Crippen LogP contribution in [0.4, 0.5) is 20.2 Å². The normalized spacial score (nSPS) is 13.0. The highest BCUT2D eigenvalue weighted by Crippen LogP contribution is 2.29. The van der Waals surface area contributed by atoms with Gasteiger partial charge in [-0.25, -0.2) is 9.18 Å². The van der Waals surface area contributed by atoms with Crippen molar-refractivity contribution in [3.05, 3.63) is 51.4 Å². The number of aromatic nitrogens is 1. The Bertz CT molecular complexity index is 880. The van der Waals surface area contributed by atoms with E-state index in [1.54, 1.807) is 0 Å². The van der Waals surface area contributed by atoms with Crippen molar-refractivity contribution in [3.63, 3.8) is 0 Å². The van der Waals surface area contributed by atoms with E-state index in [0.717, 1.165) is 10.6 Å². The van der Waals surface area contributed by atoms with E-state index in [1.165, 1.54) is 12.1 Å². The van der Waals surface area contributed by atoms with Gasteiger partial charge in [-0.15, -0.1) is 0 Å². The average Bonchev–Trinajstić information content (AvgIpc) is 2.96. The van der Waals surface area contributed by atoms with E-state index in [4.69, 9.17) is 7.85 Å². The predicted molar refractivity (Wildman–Crippen MR) is 81.0 cm³/mol. The summed E-state index contributed by atoms with van der Waals surface area (Å²) in [5.74, 6) is -3.40. The van der Waals surface area contributed by atoms with Crippen molar-refractivity contribution in [3.8, 4) is 0 Å². The second-order valence-corrected chi connectivity index (χ2v) is 5.24. The Labute approximate surface area is 131 Å². The Hall–Kier alpha value is -2.64. The summed E-state index contributed by atoms with van der Waals surface area (Å²) in [6.45, 7) is 0.266. The molecule has 0 aliphatic carbocycles. The van der Waals surface area contributed by atoms with Crippen molar-refractivity contribution in [2.75, 3.05) is 5.32 Å². The number of carbonyl (C=O) groups is 1. The smallest absolute Gasteiger partial charge is 0.339 e. The Morgan fingerprint density at radius 1 is 1.35 bits per heavy atom. The van der Waals surface area contributed by atoms with Crippen molar-refractivity contribution in [2.24, 2.45) is 0 Å². The molecule has 8 heteroatoms. The molecular formula is C15H11BF2N2O3. The molecule has 0 atom stereocenters. The van der Waals surface area contributed by atoms with Gasteiger partial charge in [0.15, 0.2) is 0 Å². The highest BCUT2D eigenvalue weighted by molar-refractivity contribution is 6.32. The van der Waals surface area contributed by atoms with Gasteiger partial charge >= 0.3 is 5.97 Å². The van der Waals surface area contributed by atoms with Crippen molar-refractivity contribution >= 4 is 30.7 Å². The van der Waals surface area contributed by atoms with E-state index in [2.05, 4.69) is 5.32 Å². The maximum Gasteiger partial charge on any atom is 0.339 e. The Morgan fingerprint density at radius 2 is 2.09 bits per heavy atom. The average molecular weight is 316 g/mol. The SMILES string of the molecule is [B]c1ccc(Nc2c(C(=O)O)c3n(c(=O)c2F)CCC3)c(F)c1. The second-order valence-electron chi connectivity index (χ2n) is 5.24. The fourth-order valence-electron chi connectivity index (χ4n) is 2.75. The van der Waals surface area contributed by atoms with Gasteiger partial charge in [0.25, 0.3) is 5.56 Å². The lowest BCUT2D eigenvalue weighted by Crippen LogP contribution is -2.27. The molecule has 1 aliphatic rings. The number of carboxylic acids is 1. The van der Waals surface area contributed by atoms with Crippen LogP contribution in [0.3, 0.4) is 0 Å². The van der Waals surface area contributed by atoms with Crippen LogP contribution in [0.25, 0.3) is 0 Å². The Kier molecular flexibility index (Phi) is 3.67. The molecule has 1 aliphatic heterocycles. The minimum absolute atomic E-state index is 0.164. The van der Waals surface area contributed by atoms with Crippen molar-refractivity contribution in [2.45, 2.75) is 19.4 Å². The highest BCUT2D eigenvalue weighted by atomic mass is 19.1. The molecule has 0 amide bonds. The molecule has 2 N–H and O–H groups in total. The first kappa shape index (κ1) is 15.3. The summed E-state index contributed by atoms with van der Waals surface area (Å²) in [5, 5.41) is 11.8. The molecule has 0 spiro atoms. The number of nitrogens with one attached hydrogen (secondary N) is 1. The number of halogens is 2. The topological polar surface area (TPSA) is 71.3 Å². The second kappa shape index (κ2) is 5.53. The molecule has 5 nitrogen and oxygen atoms in total. The highest BCUT2D eigenvalue weighted by Gasteiger charge is 2.29. The number of fused-ring (bicyclic) bond motifs is 1. The van der Waals surface area contributed by atoms with Crippen LogP contribution in [0.2, 0.25) is 0 Å². The third-order valence-corrected chi connectivity index (χ3v) is 3.78. The van der Waals surface area contributed by atoms with Crippen LogP contribution in [-0.2, 0) is 13.0 Å². The lowest BCUT2D eigenvalue weighted by atomic mass is 9.96. The quantitative estimate of drug-likeness (QED) is 0.838. The zero-order valence-electron chi connectivity index (χ0n) is 11.9. The molecule has 2 radical (unpaired) electrons. The standard InChI is InChI=1S/C15H11BF2N2O3/c16-7-3-4-9(8(17)6-7)19-13-11(15(22)23)10-2-1-5-20(10)14(21)12(13)18/h3-4,6,19H,1-2,5H2,(H,22,23). The third kappa shape index (κ3) is 2.50. The number of rotatable bonds is 3. The summed E-state index contributed by atoms with van der Waals surface area (Å²) in [4.78, 5) is 23.6. The minimum atomic E-state index is -1.38.